The van der Waals surface area contributed by atoms with Crippen LogP contribution in [0.4, 0.5) is 10.6 Å². The minimum Gasteiger partial charge on any atom is -0.444 e. The molecule has 2 heterocycles. The molecular formula is C17H20BrN5O2. The van der Waals surface area contributed by atoms with Crippen molar-refractivity contribution in [3.8, 4) is 0 Å². The van der Waals surface area contributed by atoms with E-state index in [-0.39, 0.29) is 0 Å². The molecule has 25 heavy (non-hydrogen) atoms. The molecule has 2 aromatic heterocycles. The smallest absolute Gasteiger partial charge is 0.407 e. The zero-order valence-electron chi connectivity index (χ0n) is 14.3. The number of rotatable bonds is 4. The van der Waals surface area contributed by atoms with E-state index in [0.717, 1.165) is 21.3 Å². The highest BCUT2D eigenvalue weighted by molar-refractivity contribution is 9.10. The minimum absolute atomic E-state index is 0.414. The average Bonchev–Trinajstić information content (AvgIpc) is 2.92. The standard InChI is InChI=1S/C17H20BrN5O2/c1-17(2,3)25-16(24)20-9-8-19-14-15-21-10-13(18)23(15)12-7-5-4-6-11(12)22-14/h4-7,10H,8-9H2,1-3H3,(H,19,22)(H,20,24). The predicted octanol–water partition coefficient (Wildman–Crippen LogP) is 3.58. The molecule has 0 spiro atoms. The number of alkyl carbamates (subject to hydrolysis) is 1. The number of nitrogens with zero attached hydrogens (tertiary/aromatic N) is 3. The summed E-state index contributed by atoms with van der Waals surface area (Å²) >= 11 is 3.52. The van der Waals surface area contributed by atoms with Gasteiger partial charge in [-0.15, -0.1) is 0 Å². The maximum atomic E-state index is 11.7. The second-order valence-corrected chi connectivity index (χ2v) is 7.36. The van der Waals surface area contributed by atoms with Crippen LogP contribution in [0, 0.1) is 0 Å². The molecule has 7 nitrogen and oxygen atoms in total. The highest BCUT2D eigenvalue weighted by Crippen LogP contribution is 2.24. The number of aromatic nitrogens is 3. The molecule has 0 aliphatic heterocycles. The van der Waals surface area contributed by atoms with Crippen molar-refractivity contribution in [2.24, 2.45) is 0 Å². The second kappa shape index (κ2) is 6.87. The van der Waals surface area contributed by atoms with E-state index in [9.17, 15) is 4.79 Å². The quantitative estimate of drug-likeness (QED) is 0.648. The Labute approximate surface area is 153 Å². The van der Waals surface area contributed by atoms with Crippen molar-refractivity contribution in [3.63, 3.8) is 0 Å². The van der Waals surface area contributed by atoms with Gasteiger partial charge in [0.15, 0.2) is 11.5 Å². The Balaban J connectivity index is 1.72. The van der Waals surface area contributed by atoms with Crippen LogP contribution in [-0.2, 0) is 4.74 Å². The molecule has 1 aromatic carbocycles. The molecule has 3 aromatic rings. The zero-order valence-corrected chi connectivity index (χ0v) is 15.9. The number of fused-ring (bicyclic) bond motifs is 3. The number of amides is 1. The topological polar surface area (TPSA) is 80.5 Å². The van der Waals surface area contributed by atoms with E-state index in [1.165, 1.54) is 0 Å². The first-order chi connectivity index (χ1) is 11.8. The summed E-state index contributed by atoms with van der Waals surface area (Å²) in [6, 6.07) is 7.86. The molecule has 1 amide bonds. The number of carbonyl (C=O) groups excluding carboxylic acids is 1. The molecule has 0 bridgehead atoms. The lowest BCUT2D eigenvalue weighted by Gasteiger charge is -2.19. The maximum absolute atomic E-state index is 11.7. The highest BCUT2D eigenvalue weighted by atomic mass is 79.9. The molecule has 0 aliphatic carbocycles. The molecule has 0 saturated heterocycles. The van der Waals surface area contributed by atoms with Crippen molar-refractivity contribution >= 4 is 44.5 Å². The van der Waals surface area contributed by atoms with Gasteiger partial charge in [-0.2, -0.15) is 0 Å². The summed E-state index contributed by atoms with van der Waals surface area (Å²) in [7, 11) is 0. The van der Waals surface area contributed by atoms with Gasteiger partial charge in [-0.25, -0.2) is 14.8 Å². The normalized spacial score (nSPS) is 11.7. The van der Waals surface area contributed by atoms with Gasteiger partial charge in [0.1, 0.15) is 10.2 Å². The third-order valence-electron chi connectivity index (χ3n) is 3.37. The van der Waals surface area contributed by atoms with Gasteiger partial charge in [0.2, 0.25) is 0 Å². The van der Waals surface area contributed by atoms with Crippen molar-refractivity contribution in [2.45, 2.75) is 26.4 Å². The Morgan fingerprint density at radius 1 is 1.28 bits per heavy atom. The van der Waals surface area contributed by atoms with E-state index in [1.54, 1.807) is 6.20 Å². The number of para-hydroxylation sites is 2. The van der Waals surface area contributed by atoms with Crippen molar-refractivity contribution in [2.75, 3.05) is 18.4 Å². The van der Waals surface area contributed by atoms with Crippen LogP contribution in [0.25, 0.3) is 16.7 Å². The Kier molecular flexibility index (Phi) is 4.80. The molecule has 2 N–H and O–H groups in total. The number of carbonyl (C=O) groups is 1. The SMILES string of the molecule is CC(C)(C)OC(=O)NCCNc1nc2ccccc2n2c(Br)cnc12. The van der Waals surface area contributed by atoms with Crippen LogP contribution in [0.5, 0.6) is 0 Å². The van der Waals surface area contributed by atoms with Gasteiger partial charge in [0, 0.05) is 13.1 Å². The first-order valence-corrected chi connectivity index (χ1v) is 8.77. The summed E-state index contributed by atoms with van der Waals surface area (Å²) in [5.74, 6) is 0.662. The summed E-state index contributed by atoms with van der Waals surface area (Å²) in [5, 5.41) is 5.94. The van der Waals surface area contributed by atoms with Crippen LogP contribution in [0.3, 0.4) is 0 Å². The summed E-state index contributed by atoms with van der Waals surface area (Å²) in [5.41, 5.74) is 2.05. The number of anilines is 1. The number of ether oxygens (including phenoxy) is 1. The molecule has 0 atom stereocenters. The predicted molar refractivity (Wildman–Crippen MR) is 101 cm³/mol. The Bertz CT molecular complexity index is 916. The zero-order chi connectivity index (χ0) is 18.0. The van der Waals surface area contributed by atoms with Crippen LogP contribution in [-0.4, -0.2) is 39.2 Å². The molecule has 8 heteroatoms. The lowest BCUT2D eigenvalue weighted by Crippen LogP contribution is -2.35. The van der Waals surface area contributed by atoms with Crippen LogP contribution in [0.2, 0.25) is 0 Å². The summed E-state index contributed by atoms with van der Waals surface area (Å²) in [4.78, 5) is 20.7. The number of nitrogens with one attached hydrogen (secondary N) is 2. The number of benzene rings is 1. The molecule has 0 unspecified atom stereocenters. The fraction of sp³-hybridized carbons (Fsp3) is 0.353. The van der Waals surface area contributed by atoms with Crippen molar-refractivity contribution < 1.29 is 9.53 Å². The molecular weight excluding hydrogens is 386 g/mol. The number of halogens is 1. The molecule has 132 valence electrons. The molecule has 0 radical (unpaired) electrons. The first-order valence-electron chi connectivity index (χ1n) is 7.97. The van der Waals surface area contributed by atoms with Crippen molar-refractivity contribution in [3.05, 3.63) is 35.1 Å². The van der Waals surface area contributed by atoms with Crippen molar-refractivity contribution in [1.82, 2.24) is 19.7 Å². The Morgan fingerprint density at radius 2 is 2.04 bits per heavy atom. The van der Waals surface area contributed by atoms with Gasteiger partial charge in [0.05, 0.1) is 17.2 Å². The van der Waals surface area contributed by atoms with Gasteiger partial charge < -0.3 is 15.4 Å². The van der Waals surface area contributed by atoms with Gasteiger partial charge in [-0.1, -0.05) is 12.1 Å². The van der Waals surface area contributed by atoms with Gasteiger partial charge in [-0.3, -0.25) is 4.40 Å². The van der Waals surface area contributed by atoms with E-state index in [2.05, 4.69) is 36.5 Å². The maximum Gasteiger partial charge on any atom is 0.407 e. The second-order valence-electron chi connectivity index (χ2n) is 6.54. The lowest BCUT2D eigenvalue weighted by molar-refractivity contribution is 0.0530. The van der Waals surface area contributed by atoms with E-state index in [0.29, 0.717) is 18.9 Å². The molecule has 0 saturated carbocycles. The summed E-state index contributed by atoms with van der Waals surface area (Å²) in [6.45, 7) is 6.41. The Morgan fingerprint density at radius 3 is 2.80 bits per heavy atom. The summed E-state index contributed by atoms with van der Waals surface area (Å²) < 4.78 is 8.05. The van der Waals surface area contributed by atoms with E-state index in [1.807, 2.05) is 49.4 Å². The van der Waals surface area contributed by atoms with Crippen molar-refractivity contribution in [1.29, 1.82) is 0 Å². The van der Waals surface area contributed by atoms with E-state index >= 15 is 0 Å². The average molecular weight is 406 g/mol. The lowest BCUT2D eigenvalue weighted by atomic mass is 10.2. The van der Waals surface area contributed by atoms with Gasteiger partial charge in [-0.05, 0) is 48.8 Å². The van der Waals surface area contributed by atoms with E-state index in [4.69, 9.17) is 4.74 Å². The Hall–Kier alpha value is -2.35. The first kappa shape index (κ1) is 17.5. The molecule has 0 aliphatic rings. The molecule has 0 fully saturated rings. The monoisotopic (exact) mass is 405 g/mol. The number of hydrogen-bond acceptors (Lipinski definition) is 5. The number of imidazole rings is 1. The fourth-order valence-electron chi connectivity index (χ4n) is 2.42. The van der Waals surface area contributed by atoms with Gasteiger partial charge in [0.25, 0.3) is 0 Å². The van der Waals surface area contributed by atoms with Crippen LogP contribution in [0.1, 0.15) is 20.8 Å². The third-order valence-corrected chi connectivity index (χ3v) is 3.93. The summed E-state index contributed by atoms with van der Waals surface area (Å²) in [6.07, 6.45) is 1.31. The number of hydrogen-bond donors (Lipinski definition) is 2. The highest BCUT2D eigenvalue weighted by Gasteiger charge is 2.16. The third kappa shape index (κ3) is 4.01. The minimum atomic E-state index is -0.508. The van der Waals surface area contributed by atoms with Gasteiger partial charge >= 0.3 is 6.09 Å². The van der Waals surface area contributed by atoms with Crippen LogP contribution < -0.4 is 10.6 Å². The van der Waals surface area contributed by atoms with E-state index < -0.39 is 11.7 Å². The fourth-order valence-corrected chi connectivity index (χ4v) is 2.89. The largest absolute Gasteiger partial charge is 0.444 e. The van der Waals surface area contributed by atoms with Crippen LogP contribution >= 0.6 is 15.9 Å². The molecule has 3 rings (SSSR count). The van der Waals surface area contributed by atoms with Crippen LogP contribution in [0.15, 0.2) is 35.1 Å².